The van der Waals surface area contributed by atoms with Crippen molar-refractivity contribution in [3.05, 3.63) is 47.3 Å². The molecule has 0 amide bonds. The number of esters is 2. The van der Waals surface area contributed by atoms with Crippen molar-refractivity contribution in [3.8, 4) is 0 Å². The molecule has 0 aromatic carbocycles. The van der Waals surface area contributed by atoms with Crippen LogP contribution in [0.25, 0.3) is 0 Å². The molecule has 0 aliphatic heterocycles. The summed E-state index contributed by atoms with van der Waals surface area (Å²) in [5.41, 5.74) is 0. The molecule has 0 aliphatic carbocycles. The fraction of sp³-hybridized carbons (Fsp3) is 0.474. The van der Waals surface area contributed by atoms with Crippen LogP contribution < -0.4 is 0 Å². The van der Waals surface area contributed by atoms with E-state index in [2.05, 4.69) is 0 Å². The third-order valence-electron chi connectivity index (χ3n) is 3.62. The second-order valence-electron chi connectivity index (χ2n) is 5.86. The van der Waals surface area contributed by atoms with E-state index in [1.807, 2.05) is 24.3 Å². The van der Waals surface area contributed by atoms with Gasteiger partial charge in [-0.05, 0) is 37.1 Å². The molecule has 0 saturated carbocycles. The summed E-state index contributed by atoms with van der Waals surface area (Å²) in [5, 5.41) is 0. The number of aryl methyl sites for hydroxylation is 2. The van der Waals surface area contributed by atoms with E-state index in [9.17, 15) is 9.59 Å². The van der Waals surface area contributed by atoms with Crippen molar-refractivity contribution in [3.63, 3.8) is 0 Å². The molecule has 0 N–H and O–H groups in total. The van der Waals surface area contributed by atoms with Crippen LogP contribution in [0.15, 0.2) is 33.1 Å². The summed E-state index contributed by atoms with van der Waals surface area (Å²) < 4.78 is 21.0. The first kappa shape index (κ1) is 18.8. The zero-order valence-corrected chi connectivity index (χ0v) is 14.7. The summed E-state index contributed by atoms with van der Waals surface area (Å²) in [6, 6.07) is 7.52. The van der Waals surface area contributed by atoms with Crippen molar-refractivity contribution < 1.29 is 27.9 Å². The van der Waals surface area contributed by atoms with Crippen molar-refractivity contribution in [2.24, 2.45) is 0 Å². The maximum absolute atomic E-state index is 10.8. The molecule has 0 saturated heterocycles. The quantitative estimate of drug-likeness (QED) is 0.478. The smallest absolute Gasteiger partial charge is 0.303 e. The second kappa shape index (κ2) is 9.71. The van der Waals surface area contributed by atoms with Crippen molar-refractivity contribution in [2.45, 2.75) is 59.2 Å². The summed E-state index contributed by atoms with van der Waals surface area (Å²) in [6.07, 6.45) is 4.80. The molecule has 0 spiro atoms. The highest BCUT2D eigenvalue weighted by atomic mass is 16.5. The summed E-state index contributed by atoms with van der Waals surface area (Å²) in [7, 11) is 0. The zero-order valence-electron chi connectivity index (χ0n) is 14.7. The van der Waals surface area contributed by atoms with Crippen LogP contribution in [-0.2, 0) is 45.1 Å². The van der Waals surface area contributed by atoms with Crippen LogP contribution in [0, 0.1) is 0 Å². The Kier molecular flexibility index (Phi) is 7.32. The maximum atomic E-state index is 10.8. The third kappa shape index (κ3) is 7.28. The molecule has 0 unspecified atom stereocenters. The van der Waals surface area contributed by atoms with Crippen molar-refractivity contribution in [2.75, 3.05) is 0 Å². The first-order valence-corrected chi connectivity index (χ1v) is 8.45. The third-order valence-corrected chi connectivity index (χ3v) is 3.62. The molecule has 2 aromatic rings. The Morgan fingerprint density at radius 1 is 0.720 bits per heavy atom. The molecule has 6 heteroatoms. The summed E-state index contributed by atoms with van der Waals surface area (Å²) in [6.45, 7) is 3.12. The van der Waals surface area contributed by atoms with E-state index >= 15 is 0 Å². The van der Waals surface area contributed by atoms with Crippen LogP contribution >= 0.6 is 0 Å². The zero-order chi connectivity index (χ0) is 18.1. The number of carbonyl (C=O) groups is 2. The van der Waals surface area contributed by atoms with E-state index in [0.29, 0.717) is 11.5 Å². The van der Waals surface area contributed by atoms with Crippen LogP contribution in [-0.4, -0.2) is 11.9 Å². The monoisotopic (exact) mass is 348 g/mol. The number of rotatable bonds is 10. The van der Waals surface area contributed by atoms with Crippen LogP contribution in [0.1, 0.15) is 56.2 Å². The predicted molar refractivity (Wildman–Crippen MR) is 89.6 cm³/mol. The van der Waals surface area contributed by atoms with E-state index in [-0.39, 0.29) is 25.2 Å². The van der Waals surface area contributed by atoms with E-state index in [1.165, 1.54) is 13.8 Å². The van der Waals surface area contributed by atoms with Gasteiger partial charge in [0.2, 0.25) is 0 Å². The van der Waals surface area contributed by atoms with Gasteiger partial charge in [-0.3, -0.25) is 9.59 Å². The molecule has 2 heterocycles. The molecule has 0 atom stereocenters. The van der Waals surface area contributed by atoms with Gasteiger partial charge >= 0.3 is 11.9 Å². The van der Waals surface area contributed by atoms with E-state index in [4.69, 9.17) is 18.3 Å². The fourth-order valence-corrected chi connectivity index (χ4v) is 2.39. The Morgan fingerprint density at radius 2 is 1.12 bits per heavy atom. The molecule has 25 heavy (non-hydrogen) atoms. The fourth-order valence-electron chi connectivity index (χ4n) is 2.39. The highest BCUT2D eigenvalue weighted by molar-refractivity contribution is 5.66. The number of hydrogen-bond acceptors (Lipinski definition) is 6. The summed E-state index contributed by atoms with van der Waals surface area (Å²) in [4.78, 5) is 21.5. The van der Waals surface area contributed by atoms with Gasteiger partial charge in [0.05, 0.1) is 0 Å². The molecule has 2 rings (SSSR count). The minimum Gasteiger partial charge on any atom is -0.462 e. The molecule has 0 bridgehead atoms. The lowest BCUT2D eigenvalue weighted by Crippen LogP contribution is -1.97. The Balaban J connectivity index is 1.60. The summed E-state index contributed by atoms with van der Waals surface area (Å²) in [5.74, 6) is 2.52. The molecular weight excluding hydrogens is 324 g/mol. The molecular formula is C19H24O6. The highest BCUT2D eigenvalue weighted by Crippen LogP contribution is 2.15. The SMILES string of the molecule is CC(=O)OCc1ccc(CCCCCc2ccc(COC(C)=O)o2)o1. The number of unbranched alkanes of at least 4 members (excludes halogenated alkanes) is 2. The van der Waals surface area contributed by atoms with Gasteiger partial charge < -0.3 is 18.3 Å². The largest absolute Gasteiger partial charge is 0.462 e. The topological polar surface area (TPSA) is 78.9 Å². The van der Waals surface area contributed by atoms with Crippen LogP contribution in [0.4, 0.5) is 0 Å². The lowest BCUT2D eigenvalue weighted by Gasteiger charge is -2.00. The normalized spacial score (nSPS) is 10.6. The summed E-state index contributed by atoms with van der Waals surface area (Å²) >= 11 is 0. The minimum atomic E-state index is -0.313. The Bertz CT molecular complexity index is 623. The van der Waals surface area contributed by atoms with Gasteiger partial charge in [0.15, 0.2) is 0 Å². The predicted octanol–water partition coefficient (Wildman–Crippen LogP) is 3.95. The molecule has 6 nitrogen and oxygen atoms in total. The van der Waals surface area contributed by atoms with Crippen molar-refractivity contribution in [1.82, 2.24) is 0 Å². The average molecular weight is 348 g/mol. The minimum absolute atomic E-state index is 0.184. The highest BCUT2D eigenvalue weighted by Gasteiger charge is 2.06. The second-order valence-corrected chi connectivity index (χ2v) is 5.86. The standard InChI is InChI=1S/C19H24O6/c1-14(20)22-12-18-10-8-16(24-18)6-4-3-5-7-17-9-11-19(25-17)13-23-15(2)21/h8-11H,3-7,12-13H2,1-2H3. The number of furan rings is 2. The van der Waals surface area contributed by atoms with Gasteiger partial charge in [-0.1, -0.05) is 6.42 Å². The van der Waals surface area contributed by atoms with Gasteiger partial charge in [0.1, 0.15) is 36.3 Å². The number of ether oxygens (including phenoxy) is 2. The molecule has 0 radical (unpaired) electrons. The van der Waals surface area contributed by atoms with Gasteiger partial charge in [-0.2, -0.15) is 0 Å². The molecule has 0 aliphatic rings. The van der Waals surface area contributed by atoms with Crippen molar-refractivity contribution >= 4 is 11.9 Å². The van der Waals surface area contributed by atoms with E-state index in [1.54, 1.807) is 0 Å². The van der Waals surface area contributed by atoms with Crippen LogP contribution in [0.5, 0.6) is 0 Å². The number of carbonyl (C=O) groups excluding carboxylic acids is 2. The van der Waals surface area contributed by atoms with E-state index < -0.39 is 0 Å². The Hall–Kier alpha value is -2.50. The number of hydrogen-bond donors (Lipinski definition) is 0. The lowest BCUT2D eigenvalue weighted by atomic mass is 10.1. The first-order chi connectivity index (χ1) is 12.0. The Morgan fingerprint density at radius 3 is 1.52 bits per heavy atom. The molecule has 136 valence electrons. The van der Waals surface area contributed by atoms with Crippen molar-refractivity contribution in [1.29, 1.82) is 0 Å². The van der Waals surface area contributed by atoms with E-state index in [0.717, 1.165) is 43.6 Å². The van der Waals surface area contributed by atoms with Gasteiger partial charge in [-0.15, -0.1) is 0 Å². The average Bonchev–Trinajstić information content (AvgIpc) is 3.20. The first-order valence-electron chi connectivity index (χ1n) is 8.45. The molecule has 2 aromatic heterocycles. The van der Waals surface area contributed by atoms with Gasteiger partial charge in [-0.25, -0.2) is 0 Å². The molecule has 0 fully saturated rings. The van der Waals surface area contributed by atoms with Gasteiger partial charge in [0.25, 0.3) is 0 Å². The van der Waals surface area contributed by atoms with Crippen LogP contribution in [0.3, 0.4) is 0 Å². The van der Waals surface area contributed by atoms with Gasteiger partial charge in [0, 0.05) is 26.7 Å². The maximum Gasteiger partial charge on any atom is 0.303 e. The van der Waals surface area contributed by atoms with Crippen LogP contribution in [0.2, 0.25) is 0 Å². The Labute approximate surface area is 147 Å². The lowest BCUT2D eigenvalue weighted by molar-refractivity contribution is -0.143.